The molecule has 136 valence electrons. The Morgan fingerprint density at radius 3 is 2.12 bits per heavy atom. The van der Waals surface area contributed by atoms with Crippen LogP contribution < -0.4 is 5.32 Å². The van der Waals surface area contributed by atoms with Crippen molar-refractivity contribution in [3.63, 3.8) is 0 Å². The van der Waals surface area contributed by atoms with Crippen LogP contribution in [0.1, 0.15) is 31.0 Å². The summed E-state index contributed by atoms with van der Waals surface area (Å²) in [4.78, 5) is 4.84. The topological polar surface area (TPSA) is 59.9 Å². The Balaban J connectivity index is 2.05. The van der Waals surface area contributed by atoms with Gasteiger partial charge in [0, 0.05) is 11.8 Å². The Morgan fingerprint density at radius 1 is 0.962 bits per heavy atom. The Hall–Kier alpha value is -2.20. The number of aliphatic imine (C=N–C) groups is 1. The van der Waals surface area contributed by atoms with Crippen LogP contribution in [0.15, 0.2) is 77.2 Å². The predicted octanol–water partition coefficient (Wildman–Crippen LogP) is 4.89. The van der Waals surface area contributed by atoms with Crippen molar-refractivity contribution in [2.75, 3.05) is 13.2 Å². The zero-order valence-corrected chi connectivity index (χ0v) is 15.9. The standard InChI is InChI=1S/C20H23N2O3P/c1-3-24-26(23,25-4-2)18-15-21-20(17-13-9-6-10-14-17)22-19(18)16-11-7-5-8-12-16/h5-15,19H,3-4H2,1-2H3,(H,21,22). The highest BCUT2D eigenvalue weighted by atomic mass is 31.2. The molecular formula is C20H23N2O3P. The Bertz CT molecular complexity index is 825. The third-order valence-corrected chi connectivity index (χ3v) is 6.17. The second-order valence-electron chi connectivity index (χ2n) is 5.70. The minimum absolute atomic E-state index is 0.297. The third kappa shape index (κ3) is 3.96. The summed E-state index contributed by atoms with van der Waals surface area (Å²) in [6, 6.07) is 19.2. The van der Waals surface area contributed by atoms with Crippen molar-refractivity contribution in [2.45, 2.75) is 19.9 Å². The van der Waals surface area contributed by atoms with Crippen molar-refractivity contribution in [1.82, 2.24) is 5.32 Å². The quantitative estimate of drug-likeness (QED) is 0.706. The van der Waals surface area contributed by atoms with Gasteiger partial charge < -0.3 is 14.4 Å². The summed E-state index contributed by atoms with van der Waals surface area (Å²) in [5.41, 5.74) is 1.90. The SMILES string of the molecule is CCOP(=O)(OCC)C1=CNC(c2ccccc2)=NC1c1ccccc1. The van der Waals surface area contributed by atoms with Crippen LogP contribution in [0.3, 0.4) is 0 Å². The second kappa shape index (κ2) is 8.45. The first-order valence-corrected chi connectivity index (χ1v) is 10.3. The first kappa shape index (κ1) is 18.6. The van der Waals surface area contributed by atoms with Crippen LogP contribution in [-0.4, -0.2) is 19.0 Å². The molecule has 0 aliphatic carbocycles. The van der Waals surface area contributed by atoms with Crippen molar-refractivity contribution in [3.8, 4) is 0 Å². The molecule has 2 aromatic rings. The van der Waals surface area contributed by atoms with Gasteiger partial charge in [0.25, 0.3) is 0 Å². The molecule has 0 bridgehead atoms. The lowest BCUT2D eigenvalue weighted by atomic mass is 10.1. The highest BCUT2D eigenvalue weighted by molar-refractivity contribution is 7.58. The molecule has 3 rings (SSSR count). The van der Waals surface area contributed by atoms with Gasteiger partial charge in [-0.3, -0.25) is 9.56 Å². The average Bonchev–Trinajstić information content (AvgIpc) is 2.69. The molecule has 0 saturated heterocycles. The average molecular weight is 370 g/mol. The lowest BCUT2D eigenvalue weighted by Gasteiger charge is -2.28. The first-order valence-electron chi connectivity index (χ1n) is 8.72. The van der Waals surface area contributed by atoms with E-state index in [1.54, 1.807) is 20.0 Å². The van der Waals surface area contributed by atoms with Crippen LogP contribution in [0.2, 0.25) is 0 Å². The maximum absolute atomic E-state index is 13.4. The van der Waals surface area contributed by atoms with Crippen LogP contribution in [0.4, 0.5) is 0 Å². The highest BCUT2D eigenvalue weighted by Crippen LogP contribution is 2.61. The highest BCUT2D eigenvalue weighted by Gasteiger charge is 2.38. The van der Waals surface area contributed by atoms with Gasteiger partial charge in [0.15, 0.2) is 0 Å². The van der Waals surface area contributed by atoms with E-state index in [-0.39, 0.29) is 0 Å². The van der Waals surface area contributed by atoms with Gasteiger partial charge in [-0.1, -0.05) is 60.7 Å². The fourth-order valence-corrected chi connectivity index (χ4v) is 4.62. The summed E-state index contributed by atoms with van der Waals surface area (Å²) >= 11 is 0. The Labute approximate surface area is 154 Å². The molecule has 0 radical (unpaired) electrons. The molecule has 5 nitrogen and oxygen atoms in total. The molecule has 1 atom stereocenters. The summed E-state index contributed by atoms with van der Waals surface area (Å²) in [5.74, 6) is 0.725. The molecule has 1 aliphatic heterocycles. The van der Waals surface area contributed by atoms with Gasteiger partial charge in [0.05, 0.1) is 18.5 Å². The van der Waals surface area contributed by atoms with Gasteiger partial charge in [0.1, 0.15) is 11.9 Å². The Morgan fingerprint density at radius 2 is 1.54 bits per heavy atom. The summed E-state index contributed by atoms with van der Waals surface area (Å²) in [7, 11) is -3.44. The van der Waals surface area contributed by atoms with E-state index in [1.807, 2.05) is 60.7 Å². The van der Waals surface area contributed by atoms with Crippen LogP contribution in [-0.2, 0) is 13.6 Å². The molecule has 0 aromatic heterocycles. The number of nitrogens with zero attached hydrogens (tertiary/aromatic N) is 1. The van der Waals surface area contributed by atoms with Crippen LogP contribution in [0.25, 0.3) is 0 Å². The van der Waals surface area contributed by atoms with Crippen LogP contribution in [0, 0.1) is 0 Å². The number of benzene rings is 2. The second-order valence-corrected chi connectivity index (χ2v) is 7.73. The minimum Gasteiger partial charge on any atom is -0.346 e. The van der Waals surface area contributed by atoms with E-state index >= 15 is 0 Å². The van der Waals surface area contributed by atoms with Gasteiger partial charge in [-0.15, -0.1) is 0 Å². The number of nitrogens with one attached hydrogen (secondary N) is 1. The van der Waals surface area contributed by atoms with Gasteiger partial charge in [-0.2, -0.15) is 0 Å². The van der Waals surface area contributed by atoms with Crippen molar-refractivity contribution < 1.29 is 13.6 Å². The maximum Gasteiger partial charge on any atom is 0.361 e. The molecule has 6 heteroatoms. The molecule has 1 aliphatic rings. The van der Waals surface area contributed by atoms with Crippen molar-refractivity contribution in [1.29, 1.82) is 0 Å². The number of rotatable bonds is 7. The first-order chi connectivity index (χ1) is 12.7. The van der Waals surface area contributed by atoms with E-state index in [0.717, 1.165) is 17.0 Å². The zero-order valence-electron chi connectivity index (χ0n) is 15.0. The fourth-order valence-electron chi connectivity index (χ4n) is 2.84. The van der Waals surface area contributed by atoms with E-state index in [1.165, 1.54) is 0 Å². The third-order valence-electron chi connectivity index (χ3n) is 3.97. The van der Waals surface area contributed by atoms with Crippen molar-refractivity contribution in [2.24, 2.45) is 4.99 Å². The van der Waals surface area contributed by atoms with Gasteiger partial charge >= 0.3 is 7.60 Å². The van der Waals surface area contributed by atoms with E-state index in [0.29, 0.717) is 18.5 Å². The molecule has 26 heavy (non-hydrogen) atoms. The minimum atomic E-state index is -3.44. The Kier molecular flexibility index (Phi) is 6.04. The van der Waals surface area contributed by atoms with E-state index in [2.05, 4.69) is 5.32 Å². The molecule has 0 amide bonds. The maximum atomic E-state index is 13.4. The van der Waals surface area contributed by atoms with Crippen molar-refractivity contribution in [3.05, 3.63) is 83.3 Å². The van der Waals surface area contributed by atoms with Gasteiger partial charge in [-0.25, -0.2) is 0 Å². The molecule has 1 unspecified atom stereocenters. The van der Waals surface area contributed by atoms with Crippen LogP contribution >= 0.6 is 7.60 Å². The molecule has 1 N–H and O–H groups in total. The summed E-state index contributed by atoms with van der Waals surface area (Å²) in [6.45, 7) is 4.20. The smallest absolute Gasteiger partial charge is 0.346 e. The number of amidine groups is 1. The van der Waals surface area contributed by atoms with E-state index in [9.17, 15) is 4.57 Å². The van der Waals surface area contributed by atoms with Crippen molar-refractivity contribution >= 4 is 13.4 Å². The zero-order chi connectivity index (χ0) is 18.4. The van der Waals surface area contributed by atoms with Crippen LogP contribution in [0.5, 0.6) is 0 Å². The predicted molar refractivity (Wildman–Crippen MR) is 104 cm³/mol. The lowest BCUT2D eigenvalue weighted by Crippen LogP contribution is -2.26. The van der Waals surface area contributed by atoms with Gasteiger partial charge in [0.2, 0.25) is 0 Å². The van der Waals surface area contributed by atoms with Gasteiger partial charge in [-0.05, 0) is 19.4 Å². The largest absolute Gasteiger partial charge is 0.361 e. The molecule has 2 aromatic carbocycles. The summed E-state index contributed by atoms with van der Waals surface area (Å²) < 4.78 is 24.5. The molecular weight excluding hydrogens is 347 g/mol. The fraction of sp³-hybridized carbons (Fsp3) is 0.250. The number of hydrogen-bond acceptors (Lipinski definition) is 5. The molecule has 0 spiro atoms. The van der Waals surface area contributed by atoms with E-state index in [4.69, 9.17) is 14.0 Å². The molecule has 1 heterocycles. The molecule has 0 saturated carbocycles. The summed E-state index contributed by atoms with van der Waals surface area (Å²) in [6.07, 6.45) is 1.72. The lowest BCUT2D eigenvalue weighted by molar-refractivity contribution is 0.224. The summed E-state index contributed by atoms with van der Waals surface area (Å²) in [5, 5.41) is 3.68. The monoisotopic (exact) mass is 370 g/mol. The number of hydrogen-bond donors (Lipinski definition) is 1. The van der Waals surface area contributed by atoms with E-state index < -0.39 is 13.6 Å². The molecule has 0 fully saturated rings. The normalized spacial score (nSPS) is 17.2.